The molecule has 0 aliphatic carbocycles. The molecular formula is C20H20N2O5. The predicted octanol–water partition coefficient (Wildman–Crippen LogP) is 2.50. The van der Waals surface area contributed by atoms with Crippen LogP contribution >= 0.6 is 0 Å². The maximum absolute atomic E-state index is 12.7. The average molecular weight is 368 g/mol. The summed E-state index contributed by atoms with van der Waals surface area (Å²) in [4.78, 5) is 39.3. The van der Waals surface area contributed by atoms with Crippen LogP contribution in [0.15, 0.2) is 42.5 Å². The van der Waals surface area contributed by atoms with Gasteiger partial charge < -0.3 is 9.47 Å². The molecule has 0 N–H and O–H groups in total. The second-order valence-corrected chi connectivity index (χ2v) is 6.18. The highest BCUT2D eigenvalue weighted by molar-refractivity contribution is 6.44. The van der Waals surface area contributed by atoms with E-state index >= 15 is 0 Å². The van der Waals surface area contributed by atoms with Gasteiger partial charge in [0.15, 0.2) is 11.5 Å². The van der Waals surface area contributed by atoms with Gasteiger partial charge in [0.1, 0.15) is 0 Å². The fraction of sp³-hybridized carbons (Fsp3) is 0.250. The van der Waals surface area contributed by atoms with E-state index in [1.54, 1.807) is 18.2 Å². The van der Waals surface area contributed by atoms with Gasteiger partial charge in [-0.25, -0.2) is 4.79 Å². The number of nitrogens with zero attached hydrogens (tertiary/aromatic N) is 2. The highest BCUT2D eigenvalue weighted by Crippen LogP contribution is 2.29. The Bertz CT molecular complexity index is 909. The Balaban J connectivity index is 1.81. The average Bonchev–Trinajstić information content (AvgIpc) is 2.87. The van der Waals surface area contributed by atoms with Crippen LogP contribution in [0.2, 0.25) is 0 Å². The Hall–Kier alpha value is -3.35. The topological polar surface area (TPSA) is 76.2 Å². The summed E-state index contributed by atoms with van der Waals surface area (Å²) in [6, 6.07) is 11.9. The third kappa shape index (κ3) is 3.48. The van der Waals surface area contributed by atoms with Crippen molar-refractivity contribution in [2.75, 3.05) is 14.2 Å². The van der Waals surface area contributed by atoms with E-state index < -0.39 is 17.8 Å². The molecule has 1 aliphatic heterocycles. The number of aryl methyl sites for hydroxylation is 1. The van der Waals surface area contributed by atoms with Gasteiger partial charge >= 0.3 is 17.8 Å². The highest BCUT2D eigenvalue weighted by atomic mass is 16.5. The molecule has 4 amide bonds. The number of carbonyl (C=O) groups excluding carboxylic acids is 3. The molecule has 3 rings (SSSR count). The minimum atomic E-state index is -0.830. The van der Waals surface area contributed by atoms with Crippen molar-refractivity contribution in [2.24, 2.45) is 0 Å². The summed E-state index contributed by atoms with van der Waals surface area (Å²) < 4.78 is 10.4. The Labute approximate surface area is 157 Å². The van der Waals surface area contributed by atoms with Crippen LogP contribution in [0.25, 0.3) is 0 Å². The molecule has 2 aromatic rings. The van der Waals surface area contributed by atoms with Gasteiger partial charge in [0.2, 0.25) is 0 Å². The van der Waals surface area contributed by atoms with Crippen molar-refractivity contribution in [3.05, 3.63) is 59.2 Å². The molecule has 7 heteroatoms. The summed E-state index contributed by atoms with van der Waals surface area (Å²) in [5.74, 6) is -0.623. The molecule has 0 radical (unpaired) electrons. The van der Waals surface area contributed by atoms with Crippen molar-refractivity contribution >= 4 is 17.8 Å². The summed E-state index contributed by atoms with van der Waals surface area (Å²) >= 11 is 0. The quantitative estimate of drug-likeness (QED) is 0.578. The van der Waals surface area contributed by atoms with E-state index in [-0.39, 0.29) is 13.1 Å². The number of hydrogen-bond acceptors (Lipinski definition) is 5. The number of urea groups is 1. The van der Waals surface area contributed by atoms with Crippen LogP contribution in [0, 0.1) is 6.92 Å². The number of rotatable bonds is 6. The van der Waals surface area contributed by atoms with Crippen LogP contribution < -0.4 is 9.47 Å². The summed E-state index contributed by atoms with van der Waals surface area (Å²) in [6.45, 7) is 1.94. The molecule has 0 spiro atoms. The Morgan fingerprint density at radius 2 is 1.44 bits per heavy atom. The molecule has 0 unspecified atom stereocenters. The molecular weight excluding hydrogens is 348 g/mol. The van der Waals surface area contributed by atoms with Crippen LogP contribution in [-0.2, 0) is 22.7 Å². The van der Waals surface area contributed by atoms with Crippen molar-refractivity contribution in [3.63, 3.8) is 0 Å². The molecule has 2 aromatic carbocycles. The van der Waals surface area contributed by atoms with Crippen molar-refractivity contribution in [1.82, 2.24) is 9.80 Å². The van der Waals surface area contributed by atoms with Crippen LogP contribution in [0.5, 0.6) is 11.5 Å². The smallest absolute Gasteiger partial charge is 0.334 e. The third-order valence-corrected chi connectivity index (χ3v) is 4.51. The summed E-state index contributed by atoms with van der Waals surface area (Å²) in [7, 11) is 3.02. The van der Waals surface area contributed by atoms with E-state index in [0.29, 0.717) is 17.1 Å². The van der Waals surface area contributed by atoms with Crippen molar-refractivity contribution in [3.8, 4) is 11.5 Å². The molecule has 0 bridgehead atoms. The van der Waals surface area contributed by atoms with E-state index in [2.05, 4.69) is 0 Å². The van der Waals surface area contributed by atoms with Crippen molar-refractivity contribution in [2.45, 2.75) is 20.0 Å². The molecule has 1 saturated heterocycles. The predicted molar refractivity (Wildman–Crippen MR) is 97.2 cm³/mol. The van der Waals surface area contributed by atoms with Gasteiger partial charge in [-0.05, 0) is 35.7 Å². The van der Waals surface area contributed by atoms with E-state index in [1.165, 1.54) is 14.2 Å². The van der Waals surface area contributed by atoms with Gasteiger partial charge in [0.05, 0.1) is 27.3 Å². The molecule has 0 saturated carbocycles. The van der Waals surface area contributed by atoms with Crippen molar-refractivity contribution < 1.29 is 23.9 Å². The van der Waals surface area contributed by atoms with Gasteiger partial charge in [-0.15, -0.1) is 0 Å². The van der Waals surface area contributed by atoms with Crippen LogP contribution in [0.4, 0.5) is 4.79 Å². The number of hydrogen-bond donors (Lipinski definition) is 0. The lowest BCUT2D eigenvalue weighted by molar-refractivity contribution is -0.143. The monoisotopic (exact) mass is 368 g/mol. The highest BCUT2D eigenvalue weighted by Gasteiger charge is 2.44. The second kappa shape index (κ2) is 7.49. The molecule has 0 atom stereocenters. The number of imide groups is 2. The fourth-order valence-corrected chi connectivity index (χ4v) is 2.95. The first-order valence-corrected chi connectivity index (χ1v) is 8.39. The van der Waals surface area contributed by atoms with E-state index in [0.717, 1.165) is 20.9 Å². The van der Waals surface area contributed by atoms with E-state index in [1.807, 2.05) is 31.2 Å². The fourth-order valence-electron chi connectivity index (χ4n) is 2.95. The minimum absolute atomic E-state index is 0.0198. The molecule has 140 valence electrons. The van der Waals surface area contributed by atoms with Crippen LogP contribution in [-0.4, -0.2) is 41.9 Å². The standard InChI is InChI=1S/C20H20N2O5/c1-13-6-4-5-7-15(13)12-22-19(24)18(23)21(20(22)25)11-14-8-9-16(26-2)17(10-14)27-3/h4-10H,11-12H2,1-3H3. The van der Waals surface area contributed by atoms with E-state index in [9.17, 15) is 14.4 Å². The maximum Gasteiger partial charge on any atom is 0.334 e. The van der Waals surface area contributed by atoms with Gasteiger partial charge in [0, 0.05) is 0 Å². The first kappa shape index (κ1) is 18.4. The molecule has 27 heavy (non-hydrogen) atoms. The van der Waals surface area contributed by atoms with Gasteiger partial charge in [-0.2, -0.15) is 0 Å². The number of ether oxygens (including phenoxy) is 2. The maximum atomic E-state index is 12.7. The zero-order valence-corrected chi connectivity index (χ0v) is 15.4. The second-order valence-electron chi connectivity index (χ2n) is 6.18. The van der Waals surface area contributed by atoms with Crippen LogP contribution in [0.3, 0.4) is 0 Å². The summed E-state index contributed by atoms with van der Waals surface area (Å²) in [5, 5.41) is 0. The Kier molecular flexibility index (Phi) is 5.12. The Morgan fingerprint density at radius 1 is 0.815 bits per heavy atom. The SMILES string of the molecule is COc1ccc(CN2C(=O)C(=O)N(Cc3ccccc3C)C2=O)cc1OC. The summed E-state index contributed by atoms with van der Waals surface area (Å²) in [5.41, 5.74) is 2.42. The van der Waals surface area contributed by atoms with Crippen molar-refractivity contribution in [1.29, 1.82) is 0 Å². The first-order chi connectivity index (χ1) is 13.0. The lowest BCUT2D eigenvalue weighted by atomic mass is 10.1. The normalized spacial score (nSPS) is 14.1. The van der Waals surface area contributed by atoms with Crippen LogP contribution in [0.1, 0.15) is 16.7 Å². The van der Waals surface area contributed by atoms with Gasteiger partial charge in [0.25, 0.3) is 0 Å². The molecule has 1 fully saturated rings. The molecule has 7 nitrogen and oxygen atoms in total. The molecule has 1 aliphatic rings. The summed E-state index contributed by atoms with van der Waals surface area (Å²) in [6.07, 6.45) is 0. The molecule has 1 heterocycles. The number of carbonyl (C=O) groups is 3. The van der Waals surface area contributed by atoms with E-state index in [4.69, 9.17) is 9.47 Å². The number of benzene rings is 2. The van der Waals surface area contributed by atoms with Gasteiger partial charge in [-0.1, -0.05) is 30.3 Å². The molecule has 0 aromatic heterocycles. The lowest BCUT2D eigenvalue weighted by Gasteiger charge is -2.17. The zero-order valence-electron chi connectivity index (χ0n) is 15.4. The zero-order chi connectivity index (χ0) is 19.6. The first-order valence-electron chi connectivity index (χ1n) is 8.39. The number of methoxy groups -OCH3 is 2. The Morgan fingerprint density at radius 3 is 2.07 bits per heavy atom. The third-order valence-electron chi connectivity index (χ3n) is 4.51. The number of amides is 4. The minimum Gasteiger partial charge on any atom is -0.493 e. The lowest BCUT2D eigenvalue weighted by Crippen LogP contribution is -2.32. The largest absolute Gasteiger partial charge is 0.493 e. The van der Waals surface area contributed by atoms with Gasteiger partial charge in [-0.3, -0.25) is 19.4 Å².